The van der Waals surface area contributed by atoms with E-state index >= 15 is 0 Å². The van der Waals surface area contributed by atoms with Crippen molar-refractivity contribution in [1.29, 1.82) is 0 Å². The van der Waals surface area contributed by atoms with Gasteiger partial charge in [0.25, 0.3) is 0 Å². The summed E-state index contributed by atoms with van der Waals surface area (Å²) in [5.74, 6) is -0.205. The number of nitrogens with two attached hydrogens (primary N) is 1. The topological polar surface area (TPSA) is 84.7 Å². The van der Waals surface area contributed by atoms with Crippen molar-refractivity contribution in [2.24, 2.45) is 11.7 Å². The molecule has 1 aliphatic heterocycles. The monoisotopic (exact) mass is 243 g/mol. The Morgan fingerprint density at radius 2 is 2.24 bits per heavy atom. The summed E-state index contributed by atoms with van der Waals surface area (Å²) in [6, 6.07) is -0.196. The highest BCUT2D eigenvalue weighted by Gasteiger charge is 2.22. The molecule has 0 radical (unpaired) electrons. The van der Waals surface area contributed by atoms with Crippen LogP contribution < -0.4 is 11.1 Å². The largest absolute Gasteiger partial charge is 0.379 e. The zero-order chi connectivity index (χ0) is 12.8. The van der Waals surface area contributed by atoms with Crippen molar-refractivity contribution in [3.63, 3.8) is 0 Å². The molecule has 6 nitrogen and oxygen atoms in total. The summed E-state index contributed by atoms with van der Waals surface area (Å²) in [6.45, 7) is 5.66. The van der Waals surface area contributed by atoms with Gasteiger partial charge in [0.05, 0.1) is 12.6 Å². The second-order valence-electron chi connectivity index (χ2n) is 4.75. The highest BCUT2D eigenvalue weighted by Crippen LogP contribution is 2.05. The summed E-state index contributed by atoms with van der Waals surface area (Å²) in [7, 11) is 0. The third kappa shape index (κ3) is 5.04. The molecule has 0 saturated carbocycles. The third-order valence-corrected chi connectivity index (χ3v) is 2.48. The van der Waals surface area contributed by atoms with Gasteiger partial charge in [-0.05, 0) is 12.3 Å². The number of hydrogen-bond acceptors (Lipinski definition) is 3. The SMILES string of the molecule is CC(C)CN(CC(N)=O)C(=O)NC1CCOC1. The van der Waals surface area contributed by atoms with Crippen molar-refractivity contribution in [3.05, 3.63) is 0 Å². The maximum Gasteiger partial charge on any atom is 0.318 e. The van der Waals surface area contributed by atoms with Crippen LogP contribution in [0.3, 0.4) is 0 Å². The molecule has 98 valence electrons. The second kappa shape index (κ2) is 6.44. The van der Waals surface area contributed by atoms with Gasteiger partial charge in [0.15, 0.2) is 0 Å². The summed E-state index contributed by atoms with van der Waals surface area (Å²) >= 11 is 0. The Kier molecular flexibility index (Phi) is 5.21. The number of nitrogens with one attached hydrogen (secondary N) is 1. The van der Waals surface area contributed by atoms with E-state index in [0.29, 0.717) is 25.7 Å². The molecule has 6 heteroatoms. The van der Waals surface area contributed by atoms with E-state index in [2.05, 4.69) is 5.32 Å². The molecule has 1 heterocycles. The molecular weight excluding hydrogens is 222 g/mol. The van der Waals surface area contributed by atoms with Gasteiger partial charge in [-0.2, -0.15) is 0 Å². The van der Waals surface area contributed by atoms with Crippen molar-refractivity contribution in [2.75, 3.05) is 26.3 Å². The Bertz CT molecular complexity index is 275. The first-order chi connectivity index (χ1) is 7.99. The van der Waals surface area contributed by atoms with E-state index < -0.39 is 5.91 Å². The molecule has 17 heavy (non-hydrogen) atoms. The van der Waals surface area contributed by atoms with Gasteiger partial charge in [-0.25, -0.2) is 4.79 Å². The summed E-state index contributed by atoms with van der Waals surface area (Å²) in [5.41, 5.74) is 5.13. The first-order valence-electron chi connectivity index (χ1n) is 5.90. The summed E-state index contributed by atoms with van der Waals surface area (Å²) in [6.07, 6.45) is 0.817. The minimum atomic E-state index is -0.497. The van der Waals surface area contributed by atoms with Gasteiger partial charge < -0.3 is 20.7 Å². The zero-order valence-electron chi connectivity index (χ0n) is 10.4. The van der Waals surface area contributed by atoms with Crippen molar-refractivity contribution < 1.29 is 14.3 Å². The van der Waals surface area contributed by atoms with Crippen LogP contribution in [0, 0.1) is 5.92 Å². The molecule has 0 bridgehead atoms. The van der Waals surface area contributed by atoms with Crippen LogP contribution in [0.2, 0.25) is 0 Å². The molecule has 1 saturated heterocycles. The minimum Gasteiger partial charge on any atom is -0.379 e. The lowest BCUT2D eigenvalue weighted by atomic mass is 10.2. The van der Waals surface area contributed by atoms with Gasteiger partial charge in [0, 0.05) is 13.2 Å². The average Bonchev–Trinajstić information content (AvgIpc) is 2.67. The zero-order valence-corrected chi connectivity index (χ0v) is 10.4. The fourth-order valence-corrected chi connectivity index (χ4v) is 1.76. The first kappa shape index (κ1) is 13.8. The Hall–Kier alpha value is -1.30. The predicted molar refractivity (Wildman–Crippen MR) is 63.4 cm³/mol. The molecule has 0 aromatic rings. The van der Waals surface area contributed by atoms with Gasteiger partial charge in [-0.15, -0.1) is 0 Å². The molecule has 0 aliphatic carbocycles. The fraction of sp³-hybridized carbons (Fsp3) is 0.818. The van der Waals surface area contributed by atoms with Crippen LogP contribution in [0.25, 0.3) is 0 Å². The smallest absolute Gasteiger partial charge is 0.318 e. The second-order valence-corrected chi connectivity index (χ2v) is 4.75. The number of primary amides is 1. The lowest BCUT2D eigenvalue weighted by Crippen LogP contribution is -2.49. The molecule has 1 unspecified atom stereocenters. The van der Waals surface area contributed by atoms with E-state index in [9.17, 15) is 9.59 Å². The number of nitrogens with zero attached hydrogens (tertiary/aromatic N) is 1. The van der Waals surface area contributed by atoms with E-state index in [1.165, 1.54) is 4.90 Å². The van der Waals surface area contributed by atoms with E-state index in [1.54, 1.807) is 0 Å². The lowest BCUT2D eigenvalue weighted by Gasteiger charge is -2.25. The van der Waals surface area contributed by atoms with E-state index in [1.807, 2.05) is 13.8 Å². The van der Waals surface area contributed by atoms with Crippen LogP contribution in [0.5, 0.6) is 0 Å². The van der Waals surface area contributed by atoms with Crippen LogP contribution in [-0.2, 0) is 9.53 Å². The van der Waals surface area contributed by atoms with Gasteiger partial charge in [-0.1, -0.05) is 13.8 Å². The van der Waals surface area contributed by atoms with Crippen LogP contribution in [0.15, 0.2) is 0 Å². The Morgan fingerprint density at radius 1 is 1.53 bits per heavy atom. The fourth-order valence-electron chi connectivity index (χ4n) is 1.76. The van der Waals surface area contributed by atoms with Crippen LogP contribution in [0.4, 0.5) is 4.79 Å². The molecule has 0 spiro atoms. The van der Waals surface area contributed by atoms with Crippen molar-refractivity contribution in [2.45, 2.75) is 26.3 Å². The highest BCUT2D eigenvalue weighted by molar-refractivity contribution is 5.83. The van der Waals surface area contributed by atoms with Gasteiger partial charge in [-0.3, -0.25) is 4.79 Å². The molecular formula is C11H21N3O3. The number of amides is 3. The van der Waals surface area contributed by atoms with Crippen LogP contribution in [-0.4, -0.2) is 49.2 Å². The third-order valence-electron chi connectivity index (χ3n) is 2.48. The normalized spacial score (nSPS) is 19.4. The Morgan fingerprint density at radius 3 is 2.71 bits per heavy atom. The number of ether oxygens (including phenoxy) is 1. The maximum atomic E-state index is 11.9. The van der Waals surface area contributed by atoms with Crippen LogP contribution in [0.1, 0.15) is 20.3 Å². The van der Waals surface area contributed by atoms with Crippen LogP contribution >= 0.6 is 0 Å². The Balaban J connectivity index is 2.48. The summed E-state index contributed by atoms with van der Waals surface area (Å²) < 4.78 is 5.18. The number of hydrogen-bond donors (Lipinski definition) is 2. The highest BCUT2D eigenvalue weighted by atomic mass is 16.5. The van der Waals surface area contributed by atoms with Crippen molar-refractivity contribution in [1.82, 2.24) is 10.2 Å². The number of carbonyl (C=O) groups is 2. The first-order valence-corrected chi connectivity index (χ1v) is 5.90. The minimum absolute atomic E-state index is 0.0441. The number of urea groups is 1. The quantitative estimate of drug-likeness (QED) is 0.708. The molecule has 1 atom stereocenters. The predicted octanol–water partition coefficient (Wildman–Crippen LogP) is -0.0718. The lowest BCUT2D eigenvalue weighted by molar-refractivity contribution is -0.118. The molecule has 0 aromatic carbocycles. The van der Waals surface area contributed by atoms with E-state index in [-0.39, 0.29) is 18.6 Å². The molecule has 1 aliphatic rings. The molecule has 1 rings (SSSR count). The van der Waals surface area contributed by atoms with E-state index in [4.69, 9.17) is 10.5 Å². The van der Waals surface area contributed by atoms with Crippen molar-refractivity contribution >= 4 is 11.9 Å². The number of carbonyl (C=O) groups excluding carboxylic acids is 2. The standard InChI is InChI=1S/C11H21N3O3/c1-8(2)5-14(6-10(12)15)11(16)13-9-3-4-17-7-9/h8-9H,3-7H2,1-2H3,(H2,12,15)(H,13,16). The summed E-state index contributed by atoms with van der Waals surface area (Å²) in [5, 5.41) is 2.84. The molecule has 3 amide bonds. The molecule has 0 aromatic heterocycles. The maximum absolute atomic E-state index is 11.9. The van der Waals surface area contributed by atoms with E-state index in [0.717, 1.165) is 6.42 Å². The molecule has 1 fully saturated rings. The van der Waals surface area contributed by atoms with Gasteiger partial charge >= 0.3 is 6.03 Å². The number of rotatable bonds is 5. The van der Waals surface area contributed by atoms with Gasteiger partial charge in [0.1, 0.15) is 6.54 Å². The molecule has 3 N–H and O–H groups in total. The Labute approximate surface area is 101 Å². The summed E-state index contributed by atoms with van der Waals surface area (Å²) in [4.78, 5) is 24.3. The van der Waals surface area contributed by atoms with Gasteiger partial charge in [0.2, 0.25) is 5.91 Å². The van der Waals surface area contributed by atoms with Crippen molar-refractivity contribution in [3.8, 4) is 0 Å². The average molecular weight is 243 g/mol.